The summed E-state index contributed by atoms with van der Waals surface area (Å²) in [5.41, 5.74) is 4.00. The van der Waals surface area contributed by atoms with Crippen LogP contribution in [0, 0.1) is 6.92 Å². The third-order valence-corrected chi connectivity index (χ3v) is 3.25. The molecule has 0 aromatic heterocycles. The fourth-order valence-corrected chi connectivity index (χ4v) is 2.18. The number of carbonyl (C=O) groups excluding carboxylic acids is 1. The zero-order chi connectivity index (χ0) is 15.8. The van der Waals surface area contributed by atoms with E-state index in [0.717, 1.165) is 29.0 Å². The fourth-order valence-electron chi connectivity index (χ4n) is 2.18. The van der Waals surface area contributed by atoms with E-state index < -0.39 is 0 Å². The summed E-state index contributed by atoms with van der Waals surface area (Å²) >= 11 is 0. The van der Waals surface area contributed by atoms with Crippen molar-refractivity contribution in [2.24, 2.45) is 0 Å². The van der Waals surface area contributed by atoms with Gasteiger partial charge in [0.25, 0.3) is 0 Å². The van der Waals surface area contributed by atoms with Gasteiger partial charge in [-0.15, -0.1) is 0 Å². The first-order chi connectivity index (χ1) is 10.7. The van der Waals surface area contributed by atoms with Gasteiger partial charge >= 0.3 is 0 Å². The third-order valence-electron chi connectivity index (χ3n) is 3.25. The van der Waals surface area contributed by atoms with E-state index in [0.29, 0.717) is 13.0 Å². The lowest BCUT2D eigenvalue weighted by molar-refractivity contribution is -0.115. The molecule has 0 saturated carbocycles. The van der Waals surface area contributed by atoms with E-state index in [-0.39, 0.29) is 5.91 Å². The van der Waals surface area contributed by atoms with Gasteiger partial charge in [-0.25, -0.2) is 0 Å². The molecule has 4 heteroatoms. The number of hydrogen-bond acceptors (Lipinski definition) is 3. The van der Waals surface area contributed by atoms with Gasteiger partial charge in [-0.3, -0.25) is 4.79 Å². The lowest BCUT2D eigenvalue weighted by Gasteiger charge is -2.08. The zero-order valence-electron chi connectivity index (χ0n) is 13.1. The summed E-state index contributed by atoms with van der Waals surface area (Å²) in [6, 6.07) is 15.7. The maximum atomic E-state index is 12.0. The molecule has 0 atom stereocenters. The van der Waals surface area contributed by atoms with Crippen LogP contribution in [0.15, 0.2) is 48.5 Å². The van der Waals surface area contributed by atoms with Gasteiger partial charge in [-0.1, -0.05) is 29.8 Å². The summed E-state index contributed by atoms with van der Waals surface area (Å²) in [7, 11) is 1.68. The molecule has 0 aliphatic carbocycles. The van der Waals surface area contributed by atoms with Crippen LogP contribution in [0.4, 0.5) is 11.4 Å². The van der Waals surface area contributed by atoms with E-state index in [9.17, 15) is 4.79 Å². The molecule has 2 rings (SSSR count). The van der Waals surface area contributed by atoms with E-state index >= 15 is 0 Å². The first-order valence-electron chi connectivity index (χ1n) is 7.35. The maximum absolute atomic E-state index is 12.0. The molecule has 0 unspecified atom stereocenters. The average Bonchev–Trinajstić information content (AvgIpc) is 2.49. The highest BCUT2D eigenvalue weighted by Gasteiger charge is 2.04. The summed E-state index contributed by atoms with van der Waals surface area (Å²) in [6.07, 6.45) is 0.384. The van der Waals surface area contributed by atoms with Crippen molar-refractivity contribution in [3.05, 3.63) is 59.7 Å². The topological polar surface area (TPSA) is 50.4 Å². The molecule has 2 N–H and O–H groups in total. The largest absolute Gasteiger partial charge is 0.383 e. The fraction of sp³-hybridized carbons (Fsp3) is 0.278. The highest BCUT2D eigenvalue weighted by atomic mass is 16.5. The van der Waals surface area contributed by atoms with Crippen LogP contribution in [0.5, 0.6) is 0 Å². The summed E-state index contributed by atoms with van der Waals surface area (Å²) < 4.78 is 4.99. The van der Waals surface area contributed by atoms with Gasteiger partial charge in [-0.2, -0.15) is 0 Å². The Morgan fingerprint density at radius 3 is 2.50 bits per heavy atom. The lowest BCUT2D eigenvalue weighted by Crippen LogP contribution is -2.14. The molecule has 0 heterocycles. The molecule has 0 spiro atoms. The maximum Gasteiger partial charge on any atom is 0.228 e. The first kappa shape index (κ1) is 16.0. The third kappa shape index (κ3) is 5.22. The van der Waals surface area contributed by atoms with Gasteiger partial charge in [-0.05, 0) is 36.8 Å². The molecule has 2 aromatic rings. The molecule has 0 fully saturated rings. The monoisotopic (exact) mass is 298 g/mol. The number of anilines is 2. The number of benzene rings is 2. The van der Waals surface area contributed by atoms with Crippen LogP contribution in [0.3, 0.4) is 0 Å². The van der Waals surface area contributed by atoms with Crippen LogP contribution in [0.2, 0.25) is 0 Å². The second-order valence-electron chi connectivity index (χ2n) is 5.21. The van der Waals surface area contributed by atoms with Crippen LogP contribution in [0.25, 0.3) is 0 Å². The van der Waals surface area contributed by atoms with Crippen molar-refractivity contribution in [2.45, 2.75) is 13.3 Å². The summed E-state index contributed by atoms with van der Waals surface area (Å²) in [4.78, 5) is 12.0. The summed E-state index contributed by atoms with van der Waals surface area (Å²) in [5, 5.41) is 6.15. The highest BCUT2D eigenvalue weighted by Crippen LogP contribution is 2.14. The van der Waals surface area contributed by atoms with Crippen molar-refractivity contribution < 1.29 is 9.53 Å². The van der Waals surface area contributed by atoms with Gasteiger partial charge in [0.15, 0.2) is 0 Å². The molecule has 0 aliphatic rings. The minimum atomic E-state index is -0.00862. The van der Waals surface area contributed by atoms with Crippen LogP contribution in [0.1, 0.15) is 11.1 Å². The van der Waals surface area contributed by atoms with E-state index in [2.05, 4.69) is 10.6 Å². The molecule has 2 aromatic carbocycles. The van der Waals surface area contributed by atoms with E-state index in [1.54, 1.807) is 7.11 Å². The Hall–Kier alpha value is -2.33. The highest BCUT2D eigenvalue weighted by molar-refractivity contribution is 5.92. The number of amides is 1. The van der Waals surface area contributed by atoms with Crippen LogP contribution in [-0.4, -0.2) is 26.2 Å². The van der Waals surface area contributed by atoms with Crippen molar-refractivity contribution in [1.82, 2.24) is 0 Å². The van der Waals surface area contributed by atoms with Crippen molar-refractivity contribution in [3.63, 3.8) is 0 Å². The number of nitrogens with one attached hydrogen (secondary N) is 2. The van der Waals surface area contributed by atoms with Crippen LogP contribution < -0.4 is 10.6 Å². The number of methoxy groups -OCH3 is 1. The molecule has 22 heavy (non-hydrogen) atoms. The number of aryl methyl sites for hydroxylation is 1. The van der Waals surface area contributed by atoms with Gasteiger partial charge in [0, 0.05) is 25.0 Å². The molecule has 0 radical (unpaired) electrons. The Morgan fingerprint density at radius 1 is 1.09 bits per heavy atom. The Morgan fingerprint density at radius 2 is 1.82 bits per heavy atom. The molecule has 1 amide bonds. The molecule has 4 nitrogen and oxygen atoms in total. The van der Waals surface area contributed by atoms with Gasteiger partial charge < -0.3 is 15.4 Å². The molecule has 116 valence electrons. The Labute approximate surface area is 131 Å². The standard InChI is InChI=1S/C18H22N2O2/c1-14-4-3-5-15(12-14)13-18(21)20-17-8-6-16(7-9-17)19-10-11-22-2/h3-9,12,19H,10-11,13H2,1-2H3,(H,20,21). The predicted molar refractivity (Wildman–Crippen MR) is 90.3 cm³/mol. The number of ether oxygens (including phenoxy) is 1. The van der Waals surface area contributed by atoms with E-state index in [4.69, 9.17) is 4.74 Å². The Balaban J connectivity index is 1.86. The lowest BCUT2D eigenvalue weighted by atomic mass is 10.1. The average molecular weight is 298 g/mol. The molecular formula is C18H22N2O2. The SMILES string of the molecule is COCCNc1ccc(NC(=O)Cc2cccc(C)c2)cc1. The van der Waals surface area contributed by atoms with Crippen LogP contribution in [-0.2, 0) is 16.0 Å². The zero-order valence-corrected chi connectivity index (χ0v) is 13.1. The number of rotatable bonds is 7. The van der Waals surface area contributed by atoms with Gasteiger partial charge in [0.1, 0.15) is 0 Å². The van der Waals surface area contributed by atoms with Gasteiger partial charge in [0.2, 0.25) is 5.91 Å². The Bertz CT molecular complexity index is 609. The molecule has 0 aliphatic heterocycles. The number of hydrogen-bond donors (Lipinski definition) is 2. The van der Waals surface area contributed by atoms with Crippen molar-refractivity contribution in [3.8, 4) is 0 Å². The molecule has 0 saturated heterocycles. The summed E-state index contributed by atoms with van der Waals surface area (Å²) in [5.74, 6) is -0.00862. The van der Waals surface area contributed by atoms with E-state index in [1.165, 1.54) is 0 Å². The number of carbonyl (C=O) groups is 1. The van der Waals surface area contributed by atoms with E-state index in [1.807, 2.05) is 55.5 Å². The smallest absolute Gasteiger partial charge is 0.228 e. The molecule has 0 bridgehead atoms. The van der Waals surface area contributed by atoms with Gasteiger partial charge in [0.05, 0.1) is 13.0 Å². The van der Waals surface area contributed by atoms with Crippen molar-refractivity contribution >= 4 is 17.3 Å². The summed E-state index contributed by atoms with van der Waals surface area (Å²) in [6.45, 7) is 3.45. The van der Waals surface area contributed by atoms with Crippen molar-refractivity contribution in [1.29, 1.82) is 0 Å². The second-order valence-corrected chi connectivity index (χ2v) is 5.21. The first-order valence-corrected chi connectivity index (χ1v) is 7.35. The Kier molecular flexibility index (Phi) is 5.98. The predicted octanol–water partition coefficient (Wildman–Crippen LogP) is 3.23. The minimum absolute atomic E-state index is 0.00862. The quantitative estimate of drug-likeness (QED) is 0.772. The van der Waals surface area contributed by atoms with Crippen LogP contribution >= 0.6 is 0 Å². The van der Waals surface area contributed by atoms with Crippen molar-refractivity contribution in [2.75, 3.05) is 30.9 Å². The second kappa shape index (κ2) is 8.20. The normalized spacial score (nSPS) is 10.3. The molecular weight excluding hydrogens is 276 g/mol. The minimum Gasteiger partial charge on any atom is -0.383 e.